The number of amides is 2. The van der Waals surface area contributed by atoms with E-state index in [0.29, 0.717) is 0 Å². The van der Waals surface area contributed by atoms with E-state index in [1.165, 1.54) is 49.4 Å². The minimum atomic E-state index is -3.81. The van der Waals surface area contributed by atoms with Crippen LogP contribution in [0.5, 0.6) is 5.75 Å². The summed E-state index contributed by atoms with van der Waals surface area (Å²) >= 11 is 0. The van der Waals surface area contributed by atoms with Crippen LogP contribution in [0.4, 0.5) is 4.39 Å². The topological polar surface area (TPSA) is 114 Å². The number of halogens is 1. The van der Waals surface area contributed by atoms with Crippen LogP contribution in [0.1, 0.15) is 17.3 Å². The molecule has 1 unspecified atom stereocenters. The van der Waals surface area contributed by atoms with Gasteiger partial charge in [0.1, 0.15) is 0 Å². The average Bonchev–Trinajstić information content (AvgIpc) is 2.72. The lowest BCUT2D eigenvalue weighted by Gasteiger charge is -2.15. The number of rotatable bonds is 8. The van der Waals surface area contributed by atoms with E-state index in [0.717, 1.165) is 6.07 Å². The first kappa shape index (κ1) is 22.1. The van der Waals surface area contributed by atoms with Crippen LogP contribution in [0.25, 0.3) is 0 Å². The van der Waals surface area contributed by atoms with Crippen molar-refractivity contribution in [1.82, 2.24) is 15.6 Å². The molecule has 29 heavy (non-hydrogen) atoms. The first-order chi connectivity index (χ1) is 13.7. The molecule has 0 bridgehead atoms. The highest BCUT2D eigenvalue weighted by Crippen LogP contribution is 2.17. The number of sulfonamides is 1. The Morgan fingerprint density at radius 2 is 1.90 bits per heavy atom. The van der Waals surface area contributed by atoms with E-state index in [2.05, 4.69) is 22.2 Å². The summed E-state index contributed by atoms with van der Waals surface area (Å²) < 4.78 is 45.3. The number of ether oxygens (including phenoxy) is 1. The maximum Gasteiger partial charge on any atom is 0.279 e. The molecule has 1 atom stereocenters. The largest absolute Gasteiger partial charge is 0.478 e. The molecule has 2 aromatic carbocycles. The quantitative estimate of drug-likeness (QED) is 0.442. The molecule has 0 aliphatic carbocycles. The molecule has 154 valence electrons. The van der Waals surface area contributed by atoms with E-state index in [1.54, 1.807) is 6.07 Å². The number of benzene rings is 2. The van der Waals surface area contributed by atoms with E-state index in [9.17, 15) is 22.4 Å². The van der Waals surface area contributed by atoms with Crippen molar-refractivity contribution in [2.24, 2.45) is 0 Å². The zero-order valence-electron chi connectivity index (χ0n) is 15.5. The Morgan fingerprint density at radius 3 is 2.59 bits per heavy atom. The molecule has 8 nitrogen and oxygen atoms in total. The highest BCUT2D eigenvalue weighted by molar-refractivity contribution is 7.89. The van der Waals surface area contributed by atoms with E-state index in [-0.39, 0.29) is 22.8 Å². The highest BCUT2D eigenvalue weighted by Gasteiger charge is 2.19. The molecule has 0 fully saturated rings. The fraction of sp³-hybridized carbons (Fsp3) is 0.158. The second-order valence-corrected chi connectivity index (χ2v) is 7.57. The maximum absolute atomic E-state index is 13.6. The van der Waals surface area contributed by atoms with Gasteiger partial charge in [-0.3, -0.25) is 20.4 Å². The van der Waals surface area contributed by atoms with Crippen LogP contribution in [0.15, 0.2) is 66.1 Å². The van der Waals surface area contributed by atoms with Gasteiger partial charge in [-0.25, -0.2) is 17.5 Å². The lowest BCUT2D eigenvalue weighted by molar-refractivity contribution is -0.128. The van der Waals surface area contributed by atoms with Crippen molar-refractivity contribution in [3.05, 3.63) is 72.6 Å². The number of nitrogens with one attached hydrogen (secondary N) is 3. The third-order valence-corrected chi connectivity index (χ3v) is 5.05. The zero-order valence-corrected chi connectivity index (χ0v) is 16.3. The van der Waals surface area contributed by atoms with Gasteiger partial charge in [-0.1, -0.05) is 24.3 Å². The molecule has 0 spiro atoms. The molecule has 2 aromatic rings. The molecule has 2 rings (SSSR count). The van der Waals surface area contributed by atoms with E-state index < -0.39 is 33.8 Å². The third-order valence-electron chi connectivity index (χ3n) is 3.63. The van der Waals surface area contributed by atoms with Gasteiger partial charge in [0.15, 0.2) is 17.7 Å². The highest BCUT2D eigenvalue weighted by atomic mass is 32.2. The average molecular weight is 421 g/mol. The number of hydrogen-bond acceptors (Lipinski definition) is 5. The van der Waals surface area contributed by atoms with Gasteiger partial charge in [-0.15, -0.1) is 6.58 Å². The number of carbonyl (C=O) groups excluding carboxylic acids is 2. The fourth-order valence-corrected chi connectivity index (χ4v) is 3.18. The number of para-hydroxylation sites is 1. The number of hydrazine groups is 1. The SMILES string of the molecule is C=CCNS(=O)(=O)c1cccc(C(=O)NNC(=O)C(C)Oc2ccccc2F)c1. The van der Waals surface area contributed by atoms with Gasteiger partial charge in [0.25, 0.3) is 11.8 Å². The summed E-state index contributed by atoms with van der Waals surface area (Å²) in [7, 11) is -3.81. The van der Waals surface area contributed by atoms with Crippen LogP contribution < -0.4 is 20.3 Å². The Hall–Kier alpha value is -3.24. The monoisotopic (exact) mass is 421 g/mol. The molecule has 0 radical (unpaired) electrons. The van der Waals surface area contributed by atoms with Gasteiger partial charge in [0, 0.05) is 12.1 Å². The van der Waals surface area contributed by atoms with Crippen LogP contribution in [0.2, 0.25) is 0 Å². The number of carbonyl (C=O) groups is 2. The minimum absolute atomic E-state index is 0.00875. The van der Waals surface area contributed by atoms with Gasteiger partial charge < -0.3 is 4.74 Å². The van der Waals surface area contributed by atoms with Gasteiger partial charge in [-0.05, 0) is 37.3 Å². The summed E-state index contributed by atoms with van der Waals surface area (Å²) in [4.78, 5) is 24.2. The Balaban J connectivity index is 1.98. The predicted molar refractivity (Wildman–Crippen MR) is 104 cm³/mol. The maximum atomic E-state index is 13.6. The molecule has 0 aliphatic heterocycles. The Labute approximate surface area is 167 Å². The van der Waals surface area contributed by atoms with Gasteiger partial charge >= 0.3 is 0 Å². The molecule has 2 amide bonds. The van der Waals surface area contributed by atoms with Gasteiger partial charge in [-0.2, -0.15) is 0 Å². The van der Waals surface area contributed by atoms with Crippen molar-refractivity contribution in [2.45, 2.75) is 17.9 Å². The number of hydrogen-bond donors (Lipinski definition) is 3. The summed E-state index contributed by atoms with van der Waals surface area (Å²) in [5.74, 6) is -2.19. The zero-order chi connectivity index (χ0) is 21.4. The second-order valence-electron chi connectivity index (χ2n) is 5.80. The van der Waals surface area contributed by atoms with Crippen molar-refractivity contribution in [3.63, 3.8) is 0 Å². The van der Waals surface area contributed by atoms with Crippen molar-refractivity contribution in [2.75, 3.05) is 6.54 Å². The van der Waals surface area contributed by atoms with E-state index in [4.69, 9.17) is 4.74 Å². The van der Waals surface area contributed by atoms with E-state index >= 15 is 0 Å². The first-order valence-electron chi connectivity index (χ1n) is 8.46. The second kappa shape index (κ2) is 9.80. The molecule has 0 aromatic heterocycles. The molecular formula is C19H20FN3O5S. The van der Waals surface area contributed by atoms with Crippen molar-refractivity contribution in [1.29, 1.82) is 0 Å². The first-order valence-corrected chi connectivity index (χ1v) is 9.95. The van der Waals surface area contributed by atoms with Crippen LogP contribution in [-0.4, -0.2) is 32.9 Å². The van der Waals surface area contributed by atoms with Crippen molar-refractivity contribution in [3.8, 4) is 5.75 Å². The fourth-order valence-electron chi connectivity index (χ4n) is 2.13. The minimum Gasteiger partial charge on any atom is -0.478 e. The molecule has 0 heterocycles. The van der Waals surface area contributed by atoms with Crippen LogP contribution >= 0.6 is 0 Å². The standard InChI is InChI=1S/C19H20FN3O5S/c1-3-11-21-29(26,27)15-8-6-7-14(12-15)19(25)23-22-18(24)13(2)28-17-10-5-4-9-16(17)20/h3-10,12-13,21H,1,11H2,2H3,(H,22,24)(H,23,25). The Morgan fingerprint density at radius 1 is 1.17 bits per heavy atom. The smallest absolute Gasteiger partial charge is 0.279 e. The molecule has 0 saturated heterocycles. The predicted octanol–water partition coefficient (Wildman–Crippen LogP) is 1.52. The molecule has 0 saturated carbocycles. The summed E-state index contributed by atoms with van der Waals surface area (Å²) in [5, 5.41) is 0. The molecule has 0 aliphatic rings. The van der Waals surface area contributed by atoms with Gasteiger partial charge in [0.2, 0.25) is 10.0 Å². The van der Waals surface area contributed by atoms with E-state index in [1.807, 2.05) is 0 Å². The summed E-state index contributed by atoms with van der Waals surface area (Å²) in [5.41, 5.74) is 4.32. The summed E-state index contributed by atoms with van der Waals surface area (Å²) in [6.45, 7) is 4.84. The molecule has 10 heteroatoms. The van der Waals surface area contributed by atoms with Crippen LogP contribution in [0, 0.1) is 5.82 Å². The lowest BCUT2D eigenvalue weighted by atomic mass is 10.2. The summed E-state index contributed by atoms with van der Waals surface area (Å²) in [6.07, 6.45) is 0.288. The van der Waals surface area contributed by atoms with Gasteiger partial charge in [0.05, 0.1) is 4.90 Å². The molecule has 3 N–H and O–H groups in total. The van der Waals surface area contributed by atoms with Crippen molar-refractivity contribution < 1.29 is 27.1 Å². The normalized spacial score (nSPS) is 11.9. The van der Waals surface area contributed by atoms with Crippen molar-refractivity contribution >= 4 is 21.8 Å². The van der Waals surface area contributed by atoms with Crippen LogP contribution in [-0.2, 0) is 14.8 Å². The Bertz CT molecular complexity index is 1010. The van der Waals surface area contributed by atoms with Crippen LogP contribution in [0.3, 0.4) is 0 Å². The lowest BCUT2D eigenvalue weighted by Crippen LogP contribution is -2.47. The third kappa shape index (κ3) is 6.13. The Kier molecular flexibility index (Phi) is 7.46. The summed E-state index contributed by atoms with van der Waals surface area (Å²) in [6, 6.07) is 10.8. The molecular weight excluding hydrogens is 401 g/mol.